The van der Waals surface area contributed by atoms with E-state index in [1.165, 1.54) is 13.0 Å². The Morgan fingerprint density at radius 1 is 1.19 bits per heavy atom. The molecule has 27 heavy (non-hydrogen) atoms. The molecule has 2 saturated heterocycles. The van der Waals surface area contributed by atoms with E-state index in [1.807, 2.05) is 0 Å². The molecule has 0 saturated carbocycles. The van der Waals surface area contributed by atoms with Gasteiger partial charge in [-0.15, -0.1) is 24.0 Å². The smallest absolute Gasteiger partial charge is 0.193 e. The molecule has 2 aliphatic rings. The van der Waals surface area contributed by atoms with Crippen LogP contribution in [0.4, 0.5) is 0 Å². The zero-order valence-electron chi connectivity index (χ0n) is 17.6. The van der Waals surface area contributed by atoms with Crippen molar-refractivity contribution < 1.29 is 9.47 Å². The fourth-order valence-corrected chi connectivity index (χ4v) is 3.79. The van der Waals surface area contributed by atoms with Gasteiger partial charge < -0.3 is 24.6 Å². The van der Waals surface area contributed by atoms with Gasteiger partial charge in [0.15, 0.2) is 5.96 Å². The summed E-state index contributed by atoms with van der Waals surface area (Å²) in [5, 5.41) is 3.47. The summed E-state index contributed by atoms with van der Waals surface area (Å²) in [6, 6.07) is 0. The summed E-state index contributed by atoms with van der Waals surface area (Å²) in [6.07, 6.45) is 4.72. The summed E-state index contributed by atoms with van der Waals surface area (Å²) in [5.41, 5.74) is 0. The van der Waals surface area contributed by atoms with Gasteiger partial charge in [-0.2, -0.15) is 0 Å². The highest BCUT2D eigenvalue weighted by atomic mass is 127. The lowest BCUT2D eigenvalue weighted by Gasteiger charge is -2.24. The van der Waals surface area contributed by atoms with Crippen molar-refractivity contribution in [3.05, 3.63) is 0 Å². The Morgan fingerprint density at radius 2 is 1.93 bits per heavy atom. The number of aliphatic imine (C=N–C) groups is 1. The van der Waals surface area contributed by atoms with E-state index < -0.39 is 0 Å². The van der Waals surface area contributed by atoms with Crippen molar-refractivity contribution in [1.29, 1.82) is 0 Å². The Bertz CT molecular complexity index is 401. The first-order valence-corrected chi connectivity index (χ1v) is 10.7. The minimum absolute atomic E-state index is 0. The molecule has 1 atom stereocenters. The number of guanidine groups is 1. The Balaban J connectivity index is 0.00000364. The summed E-state index contributed by atoms with van der Waals surface area (Å²) in [5.74, 6) is 1.84. The van der Waals surface area contributed by atoms with Crippen LogP contribution < -0.4 is 5.32 Å². The molecule has 0 aromatic heterocycles. The number of halogens is 1. The lowest BCUT2D eigenvalue weighted by Crippen LogP contribution is -2.41. The molecule has 0 amide bonds. The van der Waals surface area contributed by atoms with Gasteiger partial charge in [0.25, 0.3) is 0 Å². The van der Waals surface area contributed by atoms with Crippen molar-refractivity contribution in [3.8, 4) is 0 Å². The lowest BCUT2D eigenvalue weighted by molar-refractivity contribution is -0.0318. The van der Waals surface area contributed by atoms with Gasteiger partial charge in [-0.25, -0.2) is 0 Å². The van der Waals surface area contributed by atoms with Crippen molar-refractivity contribution >= 4 is 29.9 Å². The number of hydrogen-bond acceptors (Lipinski definition) is 4. The van der Waals surface area contributed by atoms with E-state index in [2.05, 4.69) is 35.9 Å². The Hall–Kier alpha value is -0.120. The summed E-state index contributed by atoms with van der Waals surface area (Å²) in [7, 11) is 0. The highest BCUT2D eigenvalue weighted by molar-refractivity contribution is 14.0. The van der Waals surface area contributed by atoms with Crippen molar-refractivity contribution in [3.63, 3.8) is 0 Å². The van der Waals surface area contributed by atoms with E-state index in [0.717, 1.165) is 90.2 Å². The molecule has 0 aromatic carbocycles. The van der Waals surface area contributed by atoms with Crippen LogP contribution in [0.25, 0.3) is 0 Å². The van der Waals surface area contributed by atoms with Crippen LogP contribution in [0.2, 0.25) is 0 Å². The van der Waals surface area contributed by atoms with E-state index in [1.54, 1.807) is 0 Å². The first-order valence-electron chi connectivity index (χ1n) is 10.7. The molecule has 0 aromatic rings. The van der Waals surface area contributed by atoms with Gasteiger partial charge in [-0.05, 0) is 51.6 Å². The number of nitrogens with one attached hydrogen (secondary N) is 1. The topological polar surface area (TPSA) is 49.3 Å². The normalized spacial score (nSPS) is 21.6. The second kappa shape index (κ2) is 14.8. The van der Waals surface area contributed by atoms with Crippen LogP contribution >= 0.6 is 24.0 Å². The standard InChI is InChI=1S/C20H40N4O2.HI/c1-4-21-20(22-11-7-13-26-19-9-14-25-15-10-19)24-12-8-18(17-24)16-23(5-2)6-3;/h18-19H,4-17H2,1-3H3,(H,21,22);1H. The molecule has 0 bridgehead atoms. The molecule has 2 fully saturated rings. The molecule has 0 aliphatic carbocycles. The maximum absolute atomic E-state index is 5.95. The molecule has 2 heterocycles. The maximum Gasteiger partial charge on any atom is 0.193 e. The second-order valence-electron chi connectivity index (χ2n) is 7.36. The zero-order valence-corrected chi connectivity index (χ0v) is 20.0. The van der Waals surface area contributed by atoms with E-state index in [0.29, 0.717) is 6.10 Å². The number of ether oxygens (including phenoxy) is 2. The molecule has 6 nitrogen and oxygen atoms in total. The average molecular weight is 496 g/mol. The molecule has 160 valence electrons. The van der Waals surface area contributed by atoms with Gasteiger partial charge in [0.1, 0.15) is 0 Å². The van der Waals surface area contributed by atoms with Crippen molar-refractivity contribution in [1.82, 2.24) is 15.1 Å². The van der Waals surface area contributed by atoms with Crippen LogP contribution in [0.15, 0.2) is 4.99 Å². The van der Waals surface area contributed by atoms with Gasteiger partial charge in [0, 0.05) is 52.5 Å². The minimum atomic E-state index is 0. The fraction of sp³-hybridized carbons (Fsp3) is 0.950. The number of hydrogen-bond donors (Lipinski definition) is 1. The van der Waals surface area contributed by atoms with Gasteiger partial charge in [-0.3, -0.25) is 4.99 Å². The van der Waals surface area contributed by atoms with Gasteiger partial charge in [0.05, 0.1) is 6.10 Å². The Labute approximate surface area is 183 Å². The molecule has 2 aliphatic heterocycles. The molecule has 2 rings (SSSR count). The summed E-state index contributed by atoms with van der Waals surface area (Å²) in [6.45, 7) is 16.7. The molecule has 7 heteroatoms. The zero-order chi connectivity index (χ0) is 18.6. The van der Waals surface area contributed by atoms with E-state index in [-0.39, 0.29) is 24.0 Å². The molecule has 1 N–H and O–H groups in total. The van der Waals surface area contributed by atoms with E-state index in [9.17, 15) is 0 Å². The lowest BCUT2D eigenvalue weighted by atomic mass is 10.1. The van der Waals surface area contributed by atoms with Crippen LogP contribution in [-0.2, 0) is 9.47 Å². The summed E-state index contributed by atoms with van der Waals surface area (Å²) >= 11 is 0. The third-order valence-electron chi connectivity index (χ3n) is 5.42. The van der Waals surface area contributed by atoms with Crippen LogP contribution in [-0.4, -0.2) is 87.5 Å². The molecule has 0 radical (unpaired) electrons. The third kappa shape index (κ3) is 9.28. The summed E-state index contributed by atoms with van der Waals surface area (Å²) < 4.78 is 11.3. The first kappa shape index (κ1) is 24.9. The van der Waals surface area contributed by atoms with Crippen LogP contribution in [0, 0.1) is 5.92 Å². The van der Waals surface area contributed by atoms with Crippen LogP contribution in [0.5, 0.6) is 0 Å². The predicted octanol–water partition coefficient (Wildman–Crippen LogP) is 2.82. The largest absolute Gasteiger partial charge is 0.381 e. The van der Waals surface area contributed by atoms with E-state index in [4.69, 9.17) is 14.5 Å². The molecule has 1 unspecified atom stereocenters. The van der Waals surface area contributed by atoms with Crippen molar-refractivity contribution in [2.75, 3.05) is 65.6 Å². The Morgan fingerprint density at radius 3 is 2.59 bits per heavy atom. The second-order valence-corrected chi connectivity index (χ2v) is 7.36. The first-order chi connectivity index (χ1) is 12.8. The highest BCUT2D eigenvalue weighted by Gasteiger charge is 2.25. The molecular formula is C20H41IN4O2. The average Bonchev–Trinajstić information content (AvgIpc) is 3.14. The summed E-state index contributed by atoms with van der Waals surface area (Å²) in [4.78, 5) is 9.82. The molecular weight excluding hydrogens is 455 g/mol. The number of likely N-dealkylation sites (tertiary alicyclic amines) is 1. The third-order valence-corrected chi connectivity index (χ3v) is 5.42. The predicted molar refractivity (Wildman–Crippen MR) is 123 cm³/mol. The van der Waals surface area contributed by atoms with Crippen LogP contribution in [0.3, 0.4) is 0 Å². The monoisotopic (exact) mass is 496 g/mol. The van der Waals surface area contributed by atoms with E-state index >= 15 is 0 Å². The Kier molecular flexibility index (Phi) is 13.7. The van der Waals surface area contributed by atoms with Gasteiger partial charge >= 0.3 is 0 Å². The van der Waals surface area contributed by atoms with Crippen molar-refractivity contribution in [2.24, 2.45) is 10.9 Å². The quantitative estimate of drug-likeness (QED) is 0.218. The van der Waals surface area contributed by atoms with Crippen LogP contribution in [0.1, 0.15) is 46.5 Å². The number of rotatable bonds is 10. The highest BCUT2D eigenvalue weighted by Crippen LogP contribution is 2.17. The number of nitrogens with zero attached hydrogens (tertiary/aromatic N) is 3. The minimum Gasteiger partial charge on any atom is -0.381 e. The van der Waals surface area contributed by atoms with Crippen molar-refractivity contribution in [2.45, 2.75) is 52.6 Å². The van der Waals surface area contributed by atoms with Gasteiger partial charge in [-0.1, -0.05) is 13.8 Å². The maximum atomic E-state index is 5.95. The fourth-order valence-electron chi connectivity index (χ4n) is 3.79. The van der Waals surface area contributed by atoms with Gasteiger partial charge in [0.2, 0.25) is 0 Å². The SMILES string of the molecule is CCNC(=NCCCOC1CCOCC1)N1CCC(CN(CC)CC)C1.I. The molecule has 0 spiro atoms.